The molecule has 1 atom stereocenters. The Hall–Kier alpha value is -3.16. The van der Waals surface area contributed by atoms with Crippen molar-refractivity contribution in [1.29, 1.82) is 0 Å². The number of halogens is 3. The lowest BCUT2D eigenvalue weighted by atomic mass is 10.0. The van der Waals surface area contributed by atoms with E-state index >= 15 is 0 Å². The van der Waals surface area contributed by atoms with Crippen LogP contribution in [0.5, 0.6) is 0 Å². The number of hydrogen-bond acceptors (Lipinski definition) is 3. The summed E-state index contributed by atoms with van der Waals surface area (Å²) in [5.41, 5.74) is 4.21. The average Bonchev–Trinajstić information content (AvgIpc) is 3.50. The van der Waals surface area contributed by atoms with Gasteiger partial charge in [-0.15, -0.1) is 0 Å². The molecule has 8 heteroatoms. The van der Waals surface area contributed by atoms with Gasteiger partial charge in [0.2, 0.25) is 0 Å². The number of amides is 1. The number of pyridine rings is 1. The standard InChI is InChI=1S/C24H23F3N4O/c25-24(26,27)17-5-1-4-15(13-17)12-16-9-10-20(28-14-16)21-8-3-11-31(21)23(32)22-18-6-2-7-19(18)29-30-22/h1,4-5,9-10,13-14,21H,2-3,6-8,11-12H2,(H,29,30)/t21-/m1/s1. The van der Waals surface area contributed by atoms with Crippen molar-refractivity contribution in [3.8, 4) is 0 Å². The van der Waals surface area contributed by atoms with Gasteiger partial charge in [-0.05, 0) is 61.8 Å². The summed E-state index contributed by atoms with van der Waals surface area (Å²) in [5, 5.41) is 7.28. The van der Waals surface area contributed by atoms with Gasteiger partial charge in [0, 0.05) is 24.0 Å². The number of carbonyl (C=O) groups excluding carboxylic acids is 1. The van der Waals surface area contributed by atoms with Crippen molar-refractivity contribution in [2.75, 3.05) is 6.54 Å². The van der Waals surface area contributed by atoms with E-state index in [1.807, 2.05) is 17.0 Å². The number of nitrogens with one attached hydrogen (secondary N) is 1. The Kier molecular flexibility index (Phi) is 5.23. The summed E-state index contributed by atoms with van der Waals surface area (Å²) in [5.74, 6) is -0.0539. The summed E-state index contributed by atoms with van der Waals surface area (Å²) in [6.07, 6.45) is 2.30. The topological polar surface area (TPSA) is 61.9 Å². The fourth-order valence-corrected chi connectivity index (χ4v) is 4.78. The number of aromatic amines is 1. The number of carbonyl (C=O) groups is 1. The number of aryl methyl sites for hydroxylation is 1. The van der Waals surface area contributed by atoms with Gasteiger partial charge in [0.15, 0.2) is 5.69 Å². The second-order valence-corrected chi connectivity index (χ2v) is 8.51. The Bertz CT molecular complexity index is 1140. The largest absolute Gasteiger partial charge is 0.416 e. The Morgan fingerprint density at radius 1 is 1.12 bits per heavy atom. The van der Waals surface area contributed by atoms with Crippen molar-refractivity contribution < 1.29 is 18.0 Å². The number of fused-ring (bicyclic) bond motifs is 1. The maximum Gasteiger partial charge on any atom is 0.416 e. The van der Waals surface area contributed by atoms with Crippen LogP contribution in [0.25, 0.3) is 0 Å². The van der Waals surface area contributed by atoms with Gasteiger partial charge in [-0.2, -0.15) is 18.3 Å². The molecule has 166 valence electrons. The fourth-order valence-electron chi connectivity index (χ4n) is 4.78. The van der Waals surface area contributed by atoms with Crippen LogP contribution in [-0.2, 0) is 25.4 Å². The first-order valence-corrected chi connectivity index (χ1v) is 10.9. The van der Waals surface area contributed by atoms with Crippen LogP contribution < -0.4 is 0 Å². The molecule has 1 aliphatic carbocycles. The van der Waals surface area contributed by atoms with Gasteiger partial charge in [0.05, 0.1) is 17.3 Å². The summed E-state index contributed by atoms with van der Waals surface area (Å²) >= 11 is 0. The molecule has 2 aliphatic rings. The number of hydrogen-bond donors (Lipinski definition) is 1. The molecule has 1 amide bonds. The molecular formula is C24H23F3N4O. The van der Waals surface area contributed by atoms with Gasteiger partial charge < -0.3 is 4.90 Å². The zero-order valence-electron chi connectivity index (χ0n) is 17.5. The zero-order chi connectivity index (χ0) is 22.3. The lowest BCUT2D eigenvalue weighted by Gasteiger charge is -2.24. The number of rotatable bonds is 4. The highest BCUT2D eigenvalue weighted by molar-refractivity contribution is 5.94. The molecule has 0 saturated carbocycles. The van der Waals surface area contributed by atoms with Crippen LogP contribution in [0.2, 0.25) is 0 Å². The van der Waals surface area contributed by atoms with Crippen LogP contribution in [0.15, 0.2) is 42.6 Å². The van der Waals surface area contributed by atoms with Crippen LogP contribution in [0.4, 0.5) is 13.2 Å². The van der Waals surface area contributed by atoms with Gasteiger partial charge >= 0.3 is 6.18 Å². The van der Waals surface area contributed by atoms with Gasteiger partial charge in [-0.3, -0.25) is 14.9 Å². The zero-order valence-corrected chi connectivity index (χ0v) is 17.5. The normalized spacial score (nSPS) is 18.2. The summed E-state index contributed by atoms with van der Waals surface area (Å²) in [6, 6.07) is 9.01. The van der Waals surface area contributed by atoms with Crippen molar-refractivity contribution in [3.05, 3.63) is 81.9 Å². The van der Waals surface area contributed by atoms with Crippen LogP contribution in [0.1, 0.15) is 69.4 Å². The molecule has 3 aromatic rings. The van der Waals surface area contributed by atoms with E-state index in [1.165, 1.54) is 12.1 Å². The number of benzene rings is 1. The second kappa shape index (κ2) is 8.07. The third-order valence-electron chi connectivity index (χ3n) is 6.37. The number of alkyl halides is 3. The first-order chi connectivity index (χ1) is 15.4. The van der Waals surface area contributed by atoms with E-state index in [2.05, 4.69) is 15.2 Å². The van der Waals surface area contributed by atoms with Crippen molar-refractivity contribution in [2.24, 2.45) is 0 Å². The van der Waals surface area contributed by atoms with E-state index < -0.39 is 11.7 Å². The third kappa shape index (κ3) is 3.89. The molecular weight excluding hydrogens is 417 g/mol. The number of aromatic nitrogens is 3. The molecule has 0 unspecified atom stereocenters. The minimum Gasteiger partial charge on any atom is -0.329 e. The Labute approximate surface area is 183 Å². The monoisotopic (exact) mass is 440 g/mol. The van der Waals surface area contributed by atoms with Gasteiger partial charge in [0.25, 0.3) is 5.91 Å². The molecule has 1 N–H and O–H groups in total. The molecule has 1 aromatic carbocycles. The first kappa shape index (κ1) is 20.7. The molecule has 0 spiro atoms. The molecule has 0 bridgehead atoms. The number of H-pyrrole nitrogens is 1. The molecule has 2 aromatic heterocycles. The molecule has 1 aliphatic heterocycles. The van der Waals surface area contributed by atoms with Crippen LogP contribution >= 0.6 is 0 Å². The van der Waals surface area contributed by atoms with Gasteiger partial charge in [-0.25, -0.2) is 0 Å². The highest BCUT2D eigenvalue weighted by Gasteiger charge is 2.35. The van der Waals surface area contributed by atoms with E-state index in [0.717, 1.165) is 60.7 Å². The second-order valence-electron chi connectivity index (χ2n) is 8.51. The first-order valence-electron chi connectivity index (χ1n) is 10.9. The van der Waals surface area contributed by atoms with Crippen LogP contribution in [0.3, 0.4) is 0 Å². The molecule has 3 heterocycles. The lowest BCUT2D eigenvalue weighted by Crippen LogP contribution is -2.31. The minimum atomic E-state index is -4.36. The minimum absolute atomic E-state index is 0.0539. The highest BCUT2D eigenvalue weighted by atomic mass is 19.4. The van der Waals surface area contributed by atoms with Gasteiger partial charge in [-0.1, -0.05) is 24.3 Å². The van der Waals surface area contributed by atoms with Crippen molar-refractivity contribution >= 4 is 5.91 Å². The van der Waals surface area contributed by atoms with E-state index in [0.29, 0.717) is 24.2 Å². The van der Waals surface area contributed by atoms with Crippen LogP contribution in [-0.4, -0.2) is 32.5 Å². The maximum absolute atomic E-state index is 13.2. The molecule has 1 saturated heterocycles. The summed E-state index contributed by atoms with van der Waals surface area (Å²) in [4.78, 5) is 19.6. The van der Waals surface area contributed by atoms with Crippen molar-refractivity contribution in [1.82, 2.24) is 20.1 Å². The Morgan fingerprint density at radius 3 is 2.78 bits per heavy atom. The molecule has 1 fully saturated rings. The molecule has 0 radical (unpaired) electrons. The Morgan fingerprint density at radius 2 is 2.00 bits per heavy atom. The number of nitrogens with zero attached hydrogens (tertiary/aromatic N) is 3. The predicted molar refractivity (Wildman–Crippen MR) is 112 cm³/mol. The lowest BCUT2D eigenvalue weighted by molar-refractivity contribution is -0.137. The Balaban J connectivity index is 1.32. The summed E-state index contributed by atoms with van der Waals surface area (Å²) in [7, 11) is 0. The fraction of sp³-hybridized carbons (Fsp3) is 0.375. The molecule has 5 nitrogen and oxygen atoms in total. The predicted octanol–water partition coefficient (Wildman–Crippen LogP) is 4.88. The van der Waals surface area contributed by atoms with E-state index in [9.17, 15) is 18.0 Å². The maximum atomic E-state index is 13.2. The van der Waals surface area contributed by atoms with Gasteiger partial charge in [0.1, 0.15) is 0 Å². The summed E-state index contributed by atoms with van der Waals surface area (Å²) in [6.45, 7) is 0.665. The van der Waals surface area contributed by atoms with E-state index in [-0.39, 0.29) is 11.9 Å². The molecule has 32 heavy (non-hydrogen) atoms. The number of likely N-dealkylation sites (tertiary alicyclic amines) is 1. The highest BCUT2D eigenvalue weighted by Crippen LogP contribution is 2.34. The van der Waals surface area contributed by atoms with E-state index in [1.54, 1.807) is 12.3 Å². The van der Waals surface area contributed by atoms with Crippen molar-refractivity contribution in [3.63, 3.8) is 0 Å². The molecule has 5 rings (SSSR count). The third-order valence-corrected chi connectivity index (χ3v) is 6.37. The smallest absolute Gasteiger partial charge is 0.329 e. The van der Waals surface area contributed by atoms with E-state index in [4.69, 9.17) is 0 Å². The quantitative estimate of drug-likeness (QED) is 0.629. The average molecular weight is 440 g/mol. The summed E-state index contributed by atoms with van der Waals surface area (Å²) < 4.78 is 38.9. The SMILES string of the molecule is O=C(c1n[nH]c2c1CCC2)N1CCC[C@@H]1c1ccc(Cc2cccc(C(F)(F)F)c2)cn1. The van der Waals surface area contributed by atoms with Crippen LogP contribution in [0, 0.1) is 0 Å². The van der Waals surface area contributed by atoms with Crippen molar-refractivity contribution in [2.45, 2.75) is 50.7 Å².